The average molecular weight is 311 g/mol. The Hall–Kier alpha value is -1.62. The molecule has 114 valence electrons. The summed E-state index contributed by atoms with van der Waals surface area (Å²) in [6.45, 7) is 2.27. The van der Waals surface area contributed by atoms with Gasteiger partial charge in [-0.25, -0.2) is 0 Å². The molecule has 0 bridgehead atoms. The number of carbonyl (C=O) groups is 1. The van der Waals surface area contributed by atoms with Gasteiger partial charge in [0.25, 0.3) is 11.6 Å². The molecule has 5 nitrogen and oxygen atoms in total. The van der Waals surface area contributed by atoms with E-state index in [0.29, 0.717) is 23.6 Å². The summed E-state index contributed by atoms with van der Waals surface area (Å²) in [5.41, 5.74) is 0.992. The number of rotatable bonds is 4. The maximum atomic E-state index is 12.1. The van der Waals surface area contributed by atoms with E-state index in [4.69, 9.17) is 11.6 Å². The third-order valence-electron chi connectivity index (χ3n) is 3.98. The summed E-state index contributed by atoms with van der Waals surface area (Å²) in [5, 5.41) is 13.9. The Balaban J connectivity index is 1.91. The van der Waals surface area contributed by atoms with Crippen LogP contribution in [0.2, 0.25) is 0 Å². The topological polar surface area (TPSA) is 72.2 Å². The first-order chi connectivity index (χ1) is 9.97. The molecule has 6 heteroatoms. The quantitative estimate of drug-likeness (QED) is 0.526. The van der Waals surface area contributed by atoms with Gasteiger partial charge in [0.15, 0.2) is 0 Å². The number of amides is 1. The number of halogens is 1. The molecule has 1 saturated carbocycles. The fraction of sp³-hybridized carbons (Fsp3) is 0.533. The van der Waals surface area contributed by atoms with Crippen molar-refractivity contribution >= 4 is 23.2 Å². The molecule has 1 aromatic carbocycles. The molecule has 1 N–H and O–H groups in total. The van der Waals surface area contributed by atoms with Gasteiger partial charge in [-0.2, -0.15) is 0 Å². The van der Waals surface area contributed by atoms with E-state index in [2.05, 4.69) is 5.32 Å². The lowest BCUT2D eigenvalue weighted by Crippen LogP contribution is -2.31. The van der Waals surface area contributed by atoms with Crippen molar-refractivity contribution in [1.29, 1.82) is 0 Å². The molecule has 0 heterocycles. The second kappa shape index (κ2) is 6.89. The average Bonchev–Trinajstić information content (AvgIpc) is 2.45. The van der Waals surface area contributed by atoms with E-state index < -0.39 is 4.92 Å². The predicted molar refractivity (Wildman–Crippen MR) is 81.8 cm³/mol. The Morgan fingerprint density at radius 2 is 2.05 bits per heavy atom. The Kier molecular flexibility index (Phi) is 5.17. The third kappa shape index (κ3) is 4.17. The van der Waals surface area contributed by atoms with Crippen LogP contribution >= 0.6 is 11.6 Å². The van der Waals surface area contributed by atoms with Crippen molar-refractivity contribution in [3.05, 3.63) is 39.4 Å². The summed E-state index contributed by atoms with van der Waals surface area (Å²) in [6.07, 6.45) is 4.07. The minimum Gasteiger partial charge on any atom is -0.352 e. The van der Waals surface area contributed by atoms with Gasteiger partial charge in [0.2, 0.25) is 0 Å². The summed E-state index contributed by atoms with van der Waals surface area (Å²) >= 11 is 6.06. The number of carbonyl (C=O) groups excluding carboxylic acids is 1. The van der Waals surface area contributed by atoms with Gasteiger partial charge in [-0.1, -0.05) is 0 Å². The van der Waals surface area contributed by atoms with Gasteiger partial charge in [-0.05, 0) is 50.7 Å². The molecular formula is C15H19ClN2O3. The van der Waals surface area contributed by atoms with Crippen LogP contribution in [0.4, 0.5) is 5.69 Å². The van der Waals surface area contributed by atoms with Gasteiger partial charge in [-0.15, -0.1) is 11.6 Å². The first kappa shape index (κ1) is 15.8. The van der Waals surface area contributed by atoms with Crippen LogP contribution in [0.1, 0.15) is 41.6 Å². The highest BCUT2D eigenvalue weighted by Gasteiger charge is 2.20. The molecular weight excluding hydrogens is 292 g/mol. The van der Waals surface area contributed by atoms with Crippen molar-refractivity contribution in [2.45, 2.75) is 38.0 Å². The number of nitrogens with one attached hydrogen (secondary N) is 1. The maximum Gasteiger partial charge on any atom is 0.272 e. The van der Waals surface area contributed by atoms with E-state index in [9.17, 15) is 14.9 Å². The standard InChI is InChI=1S/C15H19ClN2O3/c1-10-8-12(4-7-14(10)18(20)21)15(19)17-9-11-2-5-13(16)6-3-11/h4,7-8,11,13H,2-3,5-6,9H2,1H3,(H,17,19). The van der Waals surface area contributed by atoms with Crippen LogP contribution in [0.3, 0.4) is 0 Å². The molecule has 0 radical (unpaired) electrons. The number of alkyl halides is 1. The smallest absolute Gasteiger partial charge is 0.272 e. The summed E-state index contributed by atoms with van der Waals surface area (Å²) in [7, 11) is 0. The van der Waals surface area contributed by atoms with Crippen molar-refractivity contribution in [2.75, 3.05) is 6.54 Å². The molecule has 1 amide bonds. The SMILES string of the molecule is Cc1cc(C(=O)NCC2CCC(Cl)CC2)ccc1[N+](=O)[O-]. The zero-order valence-electron chi connectivity index (χ0n) is 12.0. The lowest BCUT2D eigenvalue weighted by atomic mass is 9.89. The summed E-state index contributed by atoms with van der Waals surface area (Å²) in [5.74, 6) is 0.295. The largest absolute Gasteiger partial charge is 0.352 e. The molecule has 0 spiro atoms. The van der Waals surface area contributed by atoms with Crippen LogP contribution < -0.4 is 5.32 Å². The highest BCUT2D eigenvalue weighted by molar-refractivity contribution is 6.20. The molecule has 1 aliphatic carbocycles. The Labute approximate surface area is 128 Å². The van der Waals surface area contributed by atoms with Gasteiger partial charge in [0.05, 0.1) is 4.92 Å². The normalized spacial score (nSPS) is 21.8. The Morgan fingerprint density at radius 1 is 1.38 bits per heavy atom. The van der Waals surface area contributed by atoms with Gasteiger partial charge >= 0.3 is 0 Å². The van der Waals surface area contributed by atoms with Gasteiger partial charge in [-0.3, -0.25) is 14.9 Å². The number of benzene rings is 1. The van der Waals surface area contributed by atoms with Crippen LogP contribution in [0, 0.1) is 23.0 Å². The van der Waals surface area contributed by atoms with Crippen LogP contribution in [-0.2, 0) is 0 Å². The molecule has 1 fully saturated rings. The van der Waals surface area contributed by atoms with Gasteiger partial charge < -0.3 is 5.32 Å². The third-order valence-corrected chi connectivity index (χ3v) is 4.42. The van der Waals surface area contributed by atoms with Crippen molar-refractivity contribution in [3.63, 3.8) is 0 Å². The molecule has 21 heavy (non-hydrogen) atoms. The number of nitro benzene ring substituents is 1. The number of hydrogen-bond donors (Lipinski definition) is 1. The molecule has 0 unspecified atom stereocenters. The first-order valence-electron chi connectivity index (χ1n) is 7.14. The second-order valence-corrected chi connectivity index (χ2v) is 6.20. The number of hydrogen-bond acceptors (Lipinski definition) is 3. The number of nitrogens with zero attached hydrogens (tertiary/aromatic N) is 1. The molecule has 0 aliphatic heterocycles. The van der Waals surface area contributed by atoms with E-state index >= 15 is 0 Å². The lowest BCUT2D eigenvalue weighted by Gasteiger charge is -2.25. The summed E-state index contributed by atoms with van der Waals surface area (Å²) in [4.78, 5) is 22.4. The minimum atomic E-state index is -0.443. The Morgan fingerprint density at radius 3 is 2.62 bits per heavy atom. The molecule has 0 atom stereocenters. The van der Waals surface area contributed by atoms with Crippen molar-refractivity contribution in [3.8, 4) is 0 Å². The molecule has 1 aliphatic rings. The van der Waals surface area contributed by atoms with E-state index in [1.165, 1.54) is 12.1 Å². The van der Waals surface area contributed by atoms with Crippen LogP contribution in [0.25, 0.3) is 0 Å². The van der Waals surface area contributed by atoms with E-state index in [0.717, 1.165) is 25.7 Å². The zero-order chi connectivity index (χ0) is 15.4. The molecule has 2 rings (SSSR count). The predicted octanol–water partition coefficient (Wildman–Crippen LogP) is 3.43. The zero-order valence-corrected chi connectivity index (χ0v) is 12.7. The first-order valence-corrected chi connectivity index (χ1v) is 7.58. The fourth-order valence-corrected chi connectivity index (χ4v) is 2.92. The number of aryl methyl sites for hydroxylation is 1. The van der Waals surface area contributed by atoms with Crippen molar-refractivity contribution in [1.82, 2.24) is 5.32 Å². The minimum absolute atomic E-state index is 0.0342. The molecule has 0 aromatic heterocycles. The molecule has 1 aromatic rings. The monoisotopic (exact) mass is 310 g/mol. The highest BCUT2D eigenvalue weighted by Crippen LogP contribution is 2.27. The number of nitro groups is 1. The summed E-state index contributed by atoms with van der Waals surface area (Å²) < 4.78 is 0. The van der Waals surface area contributed by atoms with Crippen molar-refractivity contribution < 1.29 is 9.72 Å². The van der Waals surface area contributed by atoms with Crippen LogP contribution in [0.5, 0.6) is 0 Å². The van der Waals surface area contributed by atoms with Crippen molar-refractivity contribution in [2.24, 2.45) is 5.92 Å². The van der Waals surface area contributed by atoms with Crippen LogP contribution in [0.15, 0.2) is 18.2 Å². The van der Waals surface area contributed by atoms with Crippen LogP contribution in [-0.4, -0.2) is 22.8 Å². The Bertz CT molecular complexity index is 540. The van der Waals surface area contributed by atoms with E-state index in [1.807, 2.05) is 0 Å². The van der Waals surface area contributed by atoms with Gasteiger partial charge in [0, 0.05) is 29.1 Å². The van der Waals surface area contributed by atoms with E-state index in [-0.39, 0.29) is 17.0 Å². The fourth-order valence-electron chi connectivity index (χ4n) is 2.67. The highest BCUT2D eigenvalue weighted by atomic mass is 35.5. The lowest BCUT2D eigenvalue weighted by molar-refractivity contribution is -0.385. The van der Waals surface area contributed by atoms with Gasteiger partial charge in [0.1, 0.15) is 0 Å². The summed E-state index contributed by atoms with van der Waals surface area (Å²) in [6, 6.07) is 4.43. The van der Waals surface area contributed by atoms with E-state index in [1.54, 1.807) is 13.0 Å². The maximum absolute atomic E-state index is 12.1. The second-order valence-electron chi connectivity index (χ2n) is 5.59. The molecule has 0 saturated heterocycles.